The van der Waals surface area contributed by atoms with E-state index < -0.39 is 6.04 Å². The Hall–Kier alpha value is -3.44. The number of likely N-dealkylation sites (N-methyl/N-ethyl adjacent to an activating group) is 1. The number of carbonyl (C=O) groups excluding carboxylic acids is 2. The molecule has 0 aromatic heterocycles. The Kier molecular flexibility index (Phi) is 7.21. The molecule has 2 atom stereocenters. The zero-order chi connectivity index (χ0) is 22.4. The summed E-state index contributed by atoms with van der Waals surface area (Å²) in [5.41, 5.74) is 5.66. The fraction of sp³-hybridized carbons (Fsp3) is 0.231. The maximum atomic E-state index is 12.9. The molecule has 0 aliphatic rings. The minimum absolute atomic E-state index is 0.112. The van der Waals surface area contributed by atoms with Crippen molar-refractivity contribution in [2.45, 2.75) is 26.8 Å². The van der Waals surface area contributed by atoms with Gasteiger partial charge in [-0.25, -0.2) is 0 Å². The standard InChI is InChI=1S/C26H29N3O2/c1-18-11-10-12-19(2)25(18)28-24(30)17-29(4)20(3)26(31)27-23-16-9-8-15-22(23)21-13-6-5-7-14-21/h5-16,20H,17H2,1-4H3,(H,27,31)(H,28,30)/p+1/t20-/m1/s1. The number of amides is 2. The van der Waals surface area contributed by atoms with Crippen LogP contribution in [0.25, 0.3) is 11.1 Å². The summed E-state index contributed by atoms with van der Waals surface area (Å²) in [5.74, 6) is -0.236. The third-order valence-corrected chi connectivity index (χ3v) is 5.59. The van der Waals surface area contributed by atoms with Crippen LogP contribution in [0.1, 0.15) is 18.1 Å². The second kappa shape index (κ2) is 10.0. The molecular formula is C26H30N3O2+. The maximum absolute atomic E-state index is 12.9. The van der Waals surface area contributed by atoms with Crippen LogP contribution in [0.3, 0.4) is 0 Å². The highest BCUT2D eigenvalue weighted by Gasteiger charge is 2.25. The summed E-state index contributed by atoms with van der Waals surface area (Å²) in [4.78, 5) is 26.3. The van der Waals surface area contributed by atoms with Crippen LogP contribution in [0.15, 0.2) is 72.8 Å². The van der Waals surface area contributed by atoms with E-state index in [-0.39, 0.29) is 18.4 Å². The fourth-order valence-electron chi connectivity index (χ4n) is 3.53. The number of carbonyl (C=O) groups is 2. The summed E-state index contributed by atoms with van der Waals surface area (Å²) in [5, 5.41) is 6.03. The van der Waals surface area contributed by atoms with Crippen LogP contribution < -0.4 is 15.5 Å². The molecule has 31 heavy (non-hydrogen) atoms. The molecular weight excluding hydrogens is 386 g/mol. The van der Waals surface area contributed by atoms with E-state index in [2.05, 4.69) is 10.6 Å². The number of hydrogen-bond acceptors (Lipinski definition) is 2. The molecule has 0 aliphatic heterocycles. The molecule has 0 aliphatic carbocycles. The van der Waals surface area contributed by atoms with Crippen LogP contribution in [-0.2, 0) is 9.59 Å². The lowest BCUT2D eigenvalue weighted by atomic mass is 10.0. The molecule has 0 spiro atoms. The number of hydrogen-bond donors (Lipinski definition) is 3. The molecule has 3 rings (SSSR count). The average molecular weight is 417 g/mol. The van der Waals surface area contributed by atoms with Crippen molar-refractivity contribution in [3.63, 3.8) is 0 Å². The lowest BCUT2D eigenvalue weighted by molar-refractivity contribution is -0.885. The van der Waals surface area contributed by atoms with Crippen LogP contribution in [-0.4, -0.2) is 31.4 Å². The van der Waals surface area contributed by atoms with Gasteiger partial charge in [0, 0.05) is 16.9 Å². The predicted molar refractivity (Wildman–Crippen MR) is 126 cm³/mol. The van der Waals surface area contributed by atoms with Crippen molar-refractivity contribution in [2.24, 2.45) is 0 Å². The number of benzene rings is 3. The highest BCUT2D eigenvalue weighted by molar-refractivity contribution is 5.98. The first-order valence-electron chi connectivity index (χ1n) is 10.5. The van der Waals surface area contributed by atoms with Gasteiger partial charge in [0.25, 0.3) is 11.8 Å². The first kappa shape index (κ1) is 22.2. The second-order valence-electron chi connectivity index (χ2n) is 7.96. The smallest absolute Gasteiger partial charge is 0.282 e. The van der Waals surface area contributed by atoms with Crippen molar-refractivity contribution in [2.75, 3.05) is 24.2 Å². The SMILES string of the molecule is Cc1cccc(C)c1NC(=O)C[NH+](C)[C@H](C)C(=O)Nc1ccccc1-c1ccccc1. The van der Waals surface area contributed by atoms with Crippen molar-refractivity contribution >= 4 is 23.2 Å². The summed E-state index contributed by atoms with van der Waals surface area (Å²) in [6.45, 7) is 5.98. The number of para-hydroxylation sites is 2. The molecule has 3 aromatic carbocycles. The van der Waals surface area contributed by atoms with Crippen molar-refractivity contribution in [1.82, 2.24) is 0 Å². The Bertz CT molecular complexity index is 1040. The first-order chi connectivity index (χ1) is 14.9. The Morgan fingerprint density at radius 3 is 2.13 bits per heavy atom. The third-order valence-electron chi connectivity index (χ3n) is 5.59. The normalized spacial score (nSPS) is 12.6. The van der Waals surface area contributed by atoms with Crippen LogP contribution in [0, 0.1) is 13.8 Å². The van der Waals surface area contributed by atoms with Gasteiger partial charge in [-0.05, 0) is 43.5 Å². The number of nitrogens with one attached hydrogen (secondary N) is 3. The number of quaternary nitrogens is 1. The molecule has 0 radical (unpaired) electrons. The molecule has 0 bridgehead atoms. The average Bonchev–Trinajstić information content (AvgIpc) is 2.76. The largest absolute Gasteiger partial charge is 0.321 e. The second-order valence-corrected chi connectivity index (χ2v) is 7.96. The summed E-state index contributed by atoms with van der Waals surface area (Å²) < 4.78 is 0. The molecule has 3 N–H and O–H groups in total. The Labute approximate surface area is 184 Å². The van der Waals surface area contributed by atoms with Crippen molar-refractivity contribution in [1.29, 1.82) is 0 Å². The van der Waals surface area contributed by atoms with E-state index in [0.717, 1.165) is 38.5 Å². The number of anilines is 2. The molecule has 0 saturated carbocycles. The van der Waals surface area contributed by atoms with Crippen LogP contribution in [0.5, 0.6) is 0 Å². The van der Waals surface area contributed by atoms with Gasteiger partial charge in [-0.15, -0.1) is 0 Å². The minimum Gasteiger partial charge on any atom is -0.321 e. The van der Waals surface area contributed by atoms with Crippen molar-refractivity contribution in [3.05, 3.63) is 83.9 Å². The van der Waals surface area contributed by atoms with Crippen molar-refractivity contribution in [3.8, 4) is 11.1 Å². The monoisotopic (exact) mass is 416 g/mol. The predicted octanol–water partition coefficient (Wildman–Crippen LogP) is 3.45. The van der Waals surface area contributed by atoms with E-state index in [1.165, 1.54) is 0 Å². The Balaban J connectivity index is 1.65. The molecule has 3 aromatic rings. The number of rotatable bonds is 7. The van der Waals surface area contributed by atoms with Gasteiger partial charge >= 0.3 is 0 Å². The summed E-state index contributed by atoms with van der Waals surface area (Å²) in [7, 11) is 1.86. The highest BCUT2D eigenvalue weighted by atomic mass is 16.2. The van der Waals surface area contributed by atoms with Gasteiger partial charge in [0.2, 0.25) is 0 Å². The summed E-state index contributed by atoms with van der Waals surface area (Å²) >= 11 is 0. The van der Waals surface area contributed by atoms with Crippen LogP contribution in [0.2, 0.25) is 0 Å². The lowest BCUT2D eigenvalue weighted by Gasteiger charge is -2.22. The van der Waals surface area contributed by atoms with E-state index in [1.807, 2.05) is 101 Å². The summed E-state index contributed by atoms with van der Waals surface area (Å²) in [6, 6.07) is 23.2. The van der Waals surface area contributed by atoms with Crippen molar-refractivity contribution < 1.29 is 14.5 Å². The van der Waals surface area contributed by atoms with Gasteiger partial charge in [-0.2, -0.15) is 0 Å². The molecule has 160 valence electrons. The maximum Gasteiger partial charge on any atom is 0.282 e. The zero-order valence-corrected chi connectivity index (χ0v) is 18.5. The first-order valence-corrected chi connectivity index (χ1v) is 10.5. The number of aryl methyl sites for hydroxylation is 2. The van der Waals surface area contributed by atoms with Gasteiger partial charge in [0.15, 0.2) is 12.6 Å². The van der Waals surface area contributed by atoms with E-state index in [0.29, 0.717) is 0 Å². The van der Waals surface area contributed by atoms with E-state index in [4.69, 9.17) is 0 Å². The Morgan fingerprint density at radius 1 is 0.839 bits per heavy atom. The van der Waals surface area contributed by atoms with E-state index in [1.54, 1.807) is 0 Å². The van der Waals surface area contributed by atoms with Crippen LogP contribution >= 0.6 is 0 Å². The molecule has 2 amide bonds. The highest BCUT2D eigenvalue weighted by Crippen LogP contribution is 2.27. The Morgan fingerprint density at radius 2 is 1.45 bits per heavy atom. The van der Waals surface area contributed by atoms with E-state index in [9.17, 15) is 9.59 Å². The zero-order valence-electron chi connectivity index (χ0n) is 18.5. The van der Waals surface area contributed by atoms with Crippen LogP contribution in [0.4, 0.5) is 11.4 Å². The molecule has 5 heteroatoms. The van der Waals surface area contributed by atoms with Gasteiger partial charge in [-0.1, -0.05) is 66.7 Å². The van der Waals surface area contributed by atoms with Gasteiger partial charge in [-0.3, -0.25) is 9.59 Å². The molecule has 0 saturated heterocycles. The molecule has 1 unspecified atom stereocenters. The molecule has 0 heterocycles. The summed E-state index contributed by atoms with van der Waals surface area (Å²) in [6.07, 6.45) is 0. The third kappa shape index (κ3) is 5.58. The van der Waals surface area contributed by atoms with Gasteiger partial charge < -0.3 is 15.5 Å². The lowest BCUT2D eigenvalue weighted by Crippen LogP contribution is -3.14. The topological polar surface area (TPSA) is 62.6 Å². The van der Waals surface area contributed by atoms with Gasteiger partial charge in [0.1, 0.15) is 0 Å². The molecule has 0 fully saturated rings. The van der Waals surface area contributed by atoms with E-state index >= 15 is 0 Å². The fourth-order valence-corrected chi connectivity index (χ4v) is 3.53. The van der Waals surface area contributed by atoms with Gasteiger partial charge in [0.05, 0.1) is 7.05 Å². The quantitative estimate of drug-likeness (QED) is 0.552. The molecule has 5 nitrogen and oxygen atoms in total. The minimum atomic E-state index is -0.396.